The van der Waals surface area contributed by atoms with Gasteiger partial charge in [0.25, 0.3) is 0 Å². The van der Waals surface area contributed by atoms with Gasteiger partial charge in [0.2, 0.25) is 5.91 Å². The standard InChI is InChI=1S/C25H35F2N3O2S/c1-16(31)29-20(12-17-10-18(26)13-19(27)11-17)21(32)15-28-25(8-6-5-7-9-25)23-14-22(30-33-23)24(2,3)4/h10-11,13-14,20-21,28,32H,5-9,12,15H2,1-4H3,(H,29,31)/t20-,21+/m0/s1. The van der Waals surface area contributed by atoms with Crippen LogP contribution >= 0.6 is 11.5 Å². The largest absolute Gasteiger partial charge is 0.390 e. The van der Waals surface area contributed by atoms with Crippen molar-refractivity contribution in [2.45, 2.75) is 89.3 Å². The third-order valence-corrected chi connectivity index (χ3v) is 7.33. The highest BCUT2D eigenvalue weighted by Gasteiger charge is 2.37. The quantitative estimate of drug-likeness (QED) is 0.518. The van der Waals surface area contributed by atoms with E-state index in [0.29, 0.717) is 5.56 Å². The molecule has 2 aromatic rings. The average molecular weight is 480 g/mol. The molecule has 1 amide bonds. The Hall–Kier alpha value is -1.90. The van der Waals surface area contributed by atoms with Crippen molar-refractivity contribution < 1.29 is 18.7 Å². The van der Waals surface area contributed by atoms with Crippen LogP contribution in [0.15, 0.2) is 24.3 Å². The molecule has 1 aliphatic carbocycles. The van der Waals surface area contributed by atoms with Crippen LogP contribution in [0.25, 0.3) is 0 Å². The van der Waals surface area contributed by atoms with E-state index in [0.717, 1.165) is 37.4 Å². The second-order valence-electron chi connectivity index (χ2n) is 10.2. The van der Waals surface area contributed by atoms with Crippen LogP contribution in [0.1, 0.15) is 75.9 Å². The van der Waals surface area contributed by atoms with E-state index in [1.54, 1.807) is 0 Å². The lowest BCUT2D eigenvalue weighted by molar-refractivity contribution is -0.120. The molecule has 1 aromatic heterocycles. The smallest absolute Gasteiger partial charge is 0.217 e. The monoisotopic (exact) mass is 479 g/mol. The maximum atomic E-state index is 13.6. The molecule has 33 heavy (non-hydrogen) atoms. The number of hydrogen-bond donors (Lipinski definition) is 3. The number of nitrogens with one attached hydrogen (secondary N) is 2. The molecule has 1 saturated carbocycles. The van der Waals surface area contributed by atoms with Gasteiger partial charge in [0.1, 0.15) is 11.6 Å². The van der Waals surface area contributed by atoms with Crippen LogP contribution in [0.4, 0.5) is 8.78 Å². The number of amides is 1. The van der Waals surface area contributed by atoms with Crippen molar-refractivity contribution in [3.05, 3.63) is 52.0 Å². The van der Waals surface area contributed by atoms with Gasteiger partial charge < -0.3 is 15.7 Å². The maximum Gasteiger partial charge on any atom is 0.217 e. The van der Waals surface area contributed by atoms with Crippen LogP contribution in [0.5, 0.6) is 0 Å². The molecule has 182 valence electrons. The number of benzene rings is 1. The van der Waals surface area contributed by atoms with Crippen molar-refractivity contribution in [3.8, 4) is 0 Å². The Labute approximate surface area is 199 Å². The molecule has 0 saturated heterocycles. The van der Waals surface area contributed by atoms with Gasteiger partial charge in [-0.25, -0.2) is 8.78 Å². The summed E-state index contributed by atoms with van der Waals surface area (Å²) in [5.41, 5.74) is 1.13. The summed E-state index contributed by atoms with van der Waals surface area (Å²) in [7, 11) is 0. The second-order valence-corrected chi connectivity index (χ2v) is 11.0. The van der Waals surface area contributed by atoms with Gasteiger partial charge in [0, 0.05) is 29.8 Å². The first kappa shape index (κ1) is 25.7. The van der Waals surface area contributed by atoms with Gasteiger partial charge in [-0.2, -0.15) is 4.37 Å². The summed E-state index contributed by atoms with van der Waals surface area (Å²) >= 11 is 1.51. The van der Waals surface area contributed by atoms with E-state index in [1.165, 1.54) is 41.9 Å². The maximum absolute atomic E-state index is 13.6. The fourth-order valence-corrected chi connectivity index (χ4v) is 5.63. The number of aliphatic hydroxyl groups excluding tert-OH is 1. The van der Waals surface area contributed by atoms with E-state index < -0.39 is 23.8 Å². The zero-order valence-electron chi connectivity index (χ0n) is 19.9. The Morgan fingerprint density at radius 3 is 2.33 bits per heavy atom. The summed E-state index contributed by atoms with van der Waals surface area (Å²) in [6.07, 6.45) is 4.44. The minimum atomic E-state index is -0.936. The van der Waals surface area contributed by atoms with Crippen LogP contribution < -0.4 is 10.6 Å². The molecule has 1 aliphatic rings. The van der Waals surface area contributed by atoms with Crippen molar-refractivity contribution in [1.29, 1.82) is 0 Å². The highest BCUT2D eigenvalue weighted by Crippen LogP contribution is 2.40. The molecule has 2 atom stereocenters. The lowest BCUT2D eigenvalue weighted by Crippen LogP contribution is -2.52. The Morgan fingerprint density at radius 1 is 1.15 bits per heavy atom. The number of rotatable bonds is 8. The summed E-state index contributed by atoms with van der Waals surface area (Å²) in [4.78, 5) is 12.9. The number of hydrogen-bond acceptors (Lipinski definition) is 5. The van der Waals surface area contributed by atoms with E-state index in [2.05, 4.69) is 37.5 Å². The van der Waals surface area contributed by atoms with Gasteiger partial charge in [-0.1, -0.05) is 40.0 Å². The molecule has 1 aromatic carbocycles. The zero-order valence-corrected chi connectivity index (χ0v) is 20.7. The number of halogens is 2. The van der Waals surface area contributed by atoms with Gasteiger partial charge in [-0.3, -0.25) is 4.79 Å². The van der Waals surface area contributed by atoms with Crippen molar-refractivity contribution >= 4 is 17.4 Å². The molecule has 8 heteroatoms. The lowest BCUT2D eigenvalue weighted by Gasteiger charge is -2.39. The van der Waals surface area contributed by atoms with Crippen LogP contribution in [0.3, 0.4) is 0 Å². The van der Waals surface area contributed by atoms with Crippen LogP contribution in [0.2, 0.25) is 0 Å². The number of carbonyl (C=O) groups excluding carboxylic acids is 1. The van der Waals surface area contributed by atoms with Crippen LogP contribution in [0, 0.1) is 11.6 Å². The first-order chi connectivity index (χ1) is 15.5. The molecule has 3 N–H and O–H groups in total. The number of nitrogens with zero attached hydrogens (tertiary/aromatic N) is 1. The first-order valence-corrected chi connectivity index (χ1v) is 12.4. The molecule has 1 fully saturated rings. The first-order valence-electron chi connectivity index (χ1n) is 11.6. The summed E-state index contributed by atoms with van der Waals surface area (Å²) in [6.45, 7) is 8.04. The average Bonchev–Trinajstić information content (AvgIpc) is 3.23. The summed E-state index contributed by atoms with van der Waals surface area (Å²) < 4.78 is 32.0. The van der Waals surface area contributed by atoms with Gasteiger partial charge in [0.15, 0.2) is 0 Å². The van der Waals surface area contributed by atoms with Crippen molar-refractivity contribution in [2.24, 2.45) is 0 Å². The van der Waals surface area contributed by atoms with E-state index >= 15 is 0 Å². The predicted octanol–water partition coefficient (Wildman–Crippen LogP) is 4.58. The molecule has 0 radical (unpaired) electrons. The van der Waals surface area contributed by atoms with Gasteiger partial charge in [-0.15, -0.1) is 0 Å². The number of aromatic nitrogens is 1. The van der Waals surface area contributed by atoms with Gasteiger partial charge >= 0.3 is 0 Å². The lowest BCUT2D eigenvalue weighted by atomic mass is 9.79. The molecule has 0 unspecified atom stereocenters. The third-order valence-electron chi connectivity index (χ3n) is 6.34. The number of carbonyl (C=O) groups is 1. The van der Waals surface area contributed by atoms with E-state index in [1.807, 2.05) is 0 Å². The molecule has 1 heterocycles. The van der Waals surface area contributed by atoms with E-state index in [9.17, 15) is 18.7 Å². The SMILES string of the molecule is CC(=O)N[C@@H](Cc1cc(F)cc(F)c1)[C@H](O)CNC1(c2cc(C(C)(C)C)ns2)CCCCC1. The predicted molar refractivity (Wildman–Crippen MR) is 127 cm³/mol. The fourth-order valence-electron chi connectivity index (χ4n) is 4.49. The minimum Gasteiger partial charge on any atom is -0.390 e. The topological polar surface area (TPSA) is 74.2 Å². The van der Waals surface area contributed by atoms with Gasteiger partial charge in [-0.05, 0) is 54.6 Å². The van der Waals surface area contributed by atoms with Crippen molar-refractivity contribution in [1.82, 2.24) is 15.0 Å². The van der Waals surface area contributed by atoms with Crippen molar-refractivity contribution in [3.63, 3.8) is 0 Å². The molecule has 0 aliphatic heterocycles. The third kappa shape index (κ3) is 6.80. The molecule has 5 nitrogen and oxygen atoms in total. The highest BCUT2D eigenvalue weighted by molar-refractivity contribution is 7.06. The molecular weight excluding hydrogens is 444 g/mol. The summed E-state index contributed by atoms with van der Waals surface area (Å²) in [5, 5.41) is 17.4. The Kier molecular flexibility index (Phi) is 8.24. The van der Waals surface area contributed by atoms with Gasteiger partial charge in [0.05, 0.1) is 23.4 Å². The normalized spacial score (nSPS) is 18.0. The molecular formula is C25H35F2N3O2S. The van der Waals surface area contributed by atoms with Crippen molar-refractivity contribution in [2.75, 3.05) is 6.54 Å². The minimum absolute atomic E-state index is 0.0408. The Morgan fingerprint density at radius 2 is 1.79 bits per heavy atom. The van der Waals surface area contributed by atoms with E-state index in [4.69, 9.17) is 4.37 Å². The fraction of sp³-hybridized carbons (Fsp3) is 0.600. The Balaban J connectivity index is 1.77. The van der Waals surface area contributed by atoms with E-state index in [-0.39, 0.29) is 29.8 Å². The highest BCUT2D eigenvalue weighted by atomic mass is 32.1. The van der Waals surface area contributed by atoms with Crippen LogP contribution in [-0.2, 0) is 22.2 Å². The number of aliphatic hydroxyl groups is 1. The van der Waals surface area contributed by atoms with Crippen LogP contribution in [-0.4, -0.2) is 34.1 Å². The Bertz CT molecular complexity index is 931. The zero-order chi connectivity index (χ0) is 24.2. The summed E-state index contributed by atoms with van der Waals surface area (Å²) in [5.74, 6) is -1.67. The second kappa shape index (κ2) is 10.6. The molecule has 0 spiro atoms. The molecule has 0 bridgehead atoms. The summed E-state index contributed by atoms with van der Waals surface area (Å²) in [6, 6.07) is 4.76. The molecule has 3 rings (SSSR count).